The van der Waals surface area contributed by atoms with Gasteiger partial charge >= 0.3 is 6.03 Å². The number of carbonyl (C=O) groups excluding carboxylic acids is 1. The number of rotatable bonds is 1. The van der Waals surface area contributed by atoms with Crippen molar-refractivity contribution in [1.29, 1.82) is 5.26 Å². The Labute approximate surface area is 132 Å². The molecule has 0 unspecified atom stereocenters. The van der Waals surface area contributed by atoms with E-state index in [1.807, 2.05) is 30.3 Å². The predicted molar refractivity (Wildman–Crippen MR) is 83.6 cm³/mol. The normalized spacial score (nSPS) is 22.3. The molecular weight excluding hydrogens is 292 g/mol. The Hall–Kier alpha value is -3.20. The molecule has 1 aliphatic heterocycles. The maximum absolute atomic E-state index is 12.0. The van der Waals surface area contributed by atoms with Crippen LogP contribution in [-0.2, 0) is 0 Å². The number of amides is 2. The first-order valence-corrected chi connectivity index (χ1v) is 7.23. The van der Waals surface area contributed by atoms with Crippen LogP contribution < -0.4 is 10.1 Å². The number of carbonyl (C=O) groups is 1. The molecule has 112 valence electrons. The molecule has 2 heterocycles. The van der Waals surface area contributed by atoms with E-state index in [2.05, 4.69) is 15.3 Å². The highest BCUT2D eigenvalue weighted by atomic mass is 16.5. The van der Waals surface area contributed by atoms with Crippen molar-refractivity contribution in [3.63, 3.8) is 0 Å². The number of para-hydroxylation sites is 1. The van der Waals surface area contributed by atoms with E-state index in [4.69, 9.17) is 10.00 Å². The molecule has 1 fully saturated rings. The zero-order valence-electron chi connectivity index (χ0n) is 12.1. The minimum absolute atomic E-state index is 0.180. The lowest BCUT2D eigenvalue weighted by molar-refractivity contribution is 0.259. The van der Waals surface area contributed by atoms with Crippen molar-refractivity contribution >= 4 is 17.6 Å². The molecule has 0 bridgehead atoms. The van der Waals surface area contributed by atoms with Crippen molar-refractivity contribution in [2.75, 3.05) is 11.9 Å². The van der Waals surface area contributed by atoms with Gasteiger partial charge in [-0.3, -0.25) is 5.32 Å². The Morgan fingerprint density at radius 1 is 1.35 bits per heavy atom. The summed E-state index contributed by atoms with van der Waals surface area (Å²) in [6.07, 6.45) is 1.41. The SMILES string of the molecule is N#Cc1ccc(NC(=O)N=C2[C@@H]3COc4ccccc4[C@H]23)nc1. The van der Waals surface area contributed by atoms with E-state index < -0.39 is 6.03 Å². The Morgan fingerprint density at radius 2 is 2.22 bits per heavy atom. The van der Waals surface area contributed by atoms with Gasteiger partial charge in [0.2, 0.25) is 0 Å². The fraction of sp³-hybridized carbons (Fsp3) is 0.176. The summed E-state index contributed by atoms with van der Waals surface area (Å²) in [7, 11) is 0. The maximum Gasteiger partial charge on any atom is 0.346 e. The lowest BCUT2D eigenvalue weighted by Crippen LogP contribution is -2.09. The molecule has 6 nitrogen and oxygen atoms in total. The first-order chi connectivity index (χ1) is 11.3. The molecule has 0 saturated heterocycles. The van der Waals surface area contributed by atoms with Gasteiger partial charge < -0.3 is 4.74 Å². The first kappa shape index (κ1) is 13.5. The third-order valence-electron chi connectivity index (χ3n) is 4.02. The van der Waals surface area contributed by atoms with Gasteiger partial charge in [0.05, 0.1) is 12.2 Å². The van der Waals surface area contributed by atoms with Crippen molar-refractivity contribution in [3.8, 4) is 11.8 Å². The fourth-order valence-electron chi connectivity index (χ4n) is 2.85. The smallest absolute Gasteiger partial charge is 0.346 e. The number of urea groups is 1. The van der Waals surface area contributed by atoms with Crippen LogP contribution in [-0.4, -0.2) is 23.3 Å². The average molecular weight is 304 g/mol. The number of aliphatic imine (C=N–C) groups is 1. The number of aromatic nitrogens is 1. The molecule has 0 radical (unpaired) electrons. The summed E-state index contributed by atoms with van der Waals surface area (Å²) in [5.74, 6) is 1.61. The van der Waals surface area contributed by atoms with E-state index >= 15 is 0 Å². The van der Waals surface area contributed by atoms with E-state index in [1.54, 1.807) is 12.1 Å². The third-order valence-corrected chi connectivity index (χ3v) is 4.02. The number of anilines is 1. The van der Waals surface area contributed by atoms with Crippen LogP contribution in [0.2, 0.25) is 0 Å². The van der Waals surface area contributed by atoms with Crippen LogP contribution in [0.3, 0.4) is 0 Å². The lowest BCUT2D eigenvalue weighted by Gasteiger charge is -2.14. The number of nitrogens with zero attached hydrogens (tertiary/aromatic N) is 3. The predicted octanol–water partition coefficient (Wildman–Crippen LogP) is 2.73. The van der Waals surface area contributed by atoms with Crippen LogP contribution >= 0.6 is 0 Å². The van der Waals surface area contributed by atoms with Crippen LogP contribution in [0.5, 0.6) is 5.75 Å². The van der Waals surface area contributed by atoms with Gasteiger partial charge in [-0.1, -0.05) is 18.2 Å². The second-order valence-electron chi connectivity index (χ2n) is 5.44. The van der Waals surface area contributed by atoms with Gasteiger partial charge in [0.15, 0.2) is 0 Å². The van der Waals surface area contributed by atoms with Gasteiger partial charge in [0.25, 0.3) is 0 Å². The van der Waals surface area contributed by atoms with Crippen molar-refractivity contribution in [2.24, 2.45) is 10.9 Å². The minimum Gasteiger partial charge on any atom is -0.493 e. The number of pyridine rings is 1. The van der Waals surface area contributed by atoms with Gasteiger partial charge in [-0.05, 0) is 18.2 Å². The zero-order valence-corrected chi connectivity index (χ0v) is 12.1. The number of fused-ring (bicyclic) bond motifs is 3. The molecule has 23 heavy (non-hydrogen) atoms. The quantitative estimate of drug-likeness (QED) is 0.877. The van der Waals surface area contributed by atoms with Crippen LogP contribution in [0.25, 0.3) is 0 Å². The first-order valence-electron chi connectivity index (χ1n) is 7.23. The molecular formula is C17H12N4O2. The van der Waals surface area contributed by atoms with E-state index in [0.717, 1.165) is 17.0 Å². The third kappa shape index (κ3) is 2.42. The summed E-state index contributed by atoms with van der Waals surface area (Å²) >= 11 is 0. The highest BCUT2D eigenvalue weighted by Gasteiger charge is 2.51. The maximum atomic E-state index is 12.0. The molecule has 1 aliphatic carbocycles. The van der Waals surface area contributed by atoms with Crippen molar-refractivity contribution in [3.05, 3.63) is 53.7 Å². The summed E-state index contributed by atoms with van der Waals surface area (Å²) in [6.45, 7) is 0.558. The number of hydrogen-bond donors (Lipinski definition) is 1. The number of hydrogen-bond acceptors (Lipinski definition) is 4. The van der Waals surface area contributed by atoms with E-state index in [0.29, 0.717) is 18.0 Å². The summed E-state index contributed by atoms with van der Waals surface area (Å²) in [4.78, 5) is 20.2. The van der Waals surface area contributed by atoms with E-state index in [1.165, 1.54) is 6.20 Å². The Bertz CT molecular complexity index is 852. The number of nitriles is 1. The Kier molecular flexibility index (Phi) is 3.05. The lowest BCUT2D eigenvalue weighted by atomic mass is 10.1. The van der Waals surface area contributed by atoms with Gasteiger partial charge in [0, 0.05) is 29.3 Å². The fourth-order valence-corrected chi connectivity index (χ4v) is 2.85. The van der Waals surface area contributed by atoms with Gasteiger partial charge in [-0.25, -0.2) is 14.8 Å². The monoisotopic (exact) mass is 304 g/mol. The molecule has 1 saturated carbocycles. The molecule has 2 atom stereocenters. The second kappa shape index (κ2) is 5.21. The summed E-state index contributed by atoms with van der Waals surface area (Å²) in [6, 6.07) is 12.5. The van der Waals surface area contributed by atoms with Crippen LogP contribution in [0, 0.1) is 17.2 Å². The Balaban J connectivity index is 1.49. The number of benzene rings is 1. The highest BCUT2D eigenvalue weighted by Crippen LogP contribution is 2.51. The van der Waals surface area contributed by atoms with Gasteiger partial charge in [-0.2, -0.15) is 5.26 Å². The Morgan fingerprint density at radius 3 is 3.00 bits per heavy atom. The minimum atomic E-state index is -0.455. The van der Waals surface area contributed by atoms with Crippen molar-refractivity contribution in [1.82, 2.24) is 4.98 Å². The van der Waals surface area contributed by atoms with Crippen LogP contribution in [0.15, 0.2) is 47.6 Å². The molecule has 6 heteroatoms. The topological polar surface area (TPSA) is 87.4 Å². The van der Waals surface area contributed by atoms with Gasteiger partial charge in [-0.15, -0.1) is 0 Å². The molecule has 1 N–H and O–H groups in total. The standard InChI is InChI=1S/C17H12N4O2/c18-7-10-5-6-14(19-8-10)20-17(22)21-16-12-9-23-13-4-2-1-3-11(13)15(12)16/h1-6,8,12,15H,9H2,(H,19,20,22)/t12-,15+/m1/s1. The van der Waals surface area contributed by atoms with Crippen molar-refractivity contribution in [2.45, 2.75) is 5.92 Å². The molecule has 4 rings (SSSR count). The molecule has 2 aromatic rings. The van der Waals surface area contributed by atoms with Crippen LogP contribution in [0.1, 0.15) is 17.0 Å². The van der Waals surface area contributed by atoms with E-state index in [9.17, 15) is 4.79 Å². The van der Waals surface area contributed by atoms with Crippen LogP contribution in [0.4, 0.5) is 10.6 Å². The summed E-state index contributed by atoms with van der Waals surface area (Å²) in [5, 5.41) is 11.3. The number of nitrogens with one attached hydrogen (secondary N) is 1. The summed E-state index contributed by atoms with van der Waals surface area (Å²) < 4.78 is 5.68. The van der Waals surface area contributed by atoms with Crippen molar-refractivity contribution < 1.29 is 9.53 Å². The second-order valence-corrected chi connectivity index (χ2v) is 5.44. The largest absolute Gasteiger partial charge is 0.493 e. The molecule has 1 aromatic carbocycles. The summed E-state index contributed by atoms with van der Waals surface area (Å²) in [5.41, 5.74) is 2.38. The van der Waals surface area contributed by atoms with Gasteiger partial charge in [0.1, 0.15) is 17.6 Å². The molecule has 0 spiro atoms. The molecule has 2 amide bonds. The van der Waals surface area contributed by atoms with E-state index in [-0.39, 0.29) is 11.8 Å². The molecule has 2 aliphatic rings. The average Bonchev–Trinajstić information content (AvgIpc) is 3.29. The molecule has 1 aromatic heterocycles. The zero-order chi connectivity index (χ0) is 15.8. The highest BCUT2D eigenvalue weighted by molar-refractivity contribution is 6.15. The number of ether oxygens (including phenoxy) is 1.